The minimum Gasteiger partial charge on any atom is -0.389 e. The van der Waals surface area contributed by atoms with Crippen LogP contribution in [0.1, 0.15) is 5.56 Å². The first-order valence-electron chi connectivity index (χ1n) is 4.80. The van der Waals surface area contributed by atoms with E-state index in [1.165, 1.54) is 18.3 Å². The first kappa shape index (κ1) is 13.8. The summed E-state index contributed by atoms with van der Waals surface area (Å²) in [6, 6.07) is 3.56. The first-order chi connectivity index (χ1) is 8.92. The van der Waals surface area contributed by atoms with E-state index in [1.807, 2.05) is 0 Å². The summed E-state index contributed by atoms with van der Waals surface area (Å²) in [4.78, 5) is -0.658. The van der Waals surface area contributed by atoms with Gasteiger partial charge in [-0.15, -0.1) is 5.10 Å². The molecule has 0 radical (unpaired) electrons. The molecular formula is C9H7FN4O2S3. The quantitative estimate of drug-likeness (QED) is 0.820. The van der Waals surface area contributed by atoms with Gasteiger partial charge in [0, 0.05) is 11.5 Å². The summed E-state index contributed by atoms with van der Waals surface area (Å²) in [5.74, 6) is -0.794. The number of nitrogens with one attached hydrogen (secondary N) is 1. The number of hydrogen-bond donors (Lipinski definition) is 2. The fourth-order valence-electron chi connectivity index (χ4n) is 1.37. The van der Waals surface area contributed by atoms with Crippen LogP contribution in [0.3, 0.4) is 0 Å². The highest BCUT2D eigenvalue weighted by atomic mass is 32.2. The van der Waals surface area contributed by atoms with Crippen LogP contribution in [-0.4, -0.2) is 23.0 Å². The second-order valence-electron chi connectivity index (χ2n) is 3.36. The number of sulfonamides is 1. The van der Waals surface area contributed by atoms with Gasteiger partial charge in [0.1, 0.15) is 20.7 Å². The molecule has 0 bridgehead atoms. The Kier molecular flexibility index (Phi) is 3.73. The van der Waals surface area contributed by atoms with Crippen molar-refractivity contribution in [2.45, 2.75) is 4.90 Å². The average molecular weight is 318 g/mol. The highest BCUT2D eigenvalue weighted by Crippen LogP contribution is 2.22. The van der Waals surface area contributed by atoms with Crippen molar-refractivity contribution >= 4 is 43.8 Å². The first-order valence-corrected chi connectivity index (χ1v) is 7.47. The summed E-state index contributed by atoms with van der Waals surface area (Å²) >= 11 is 5.53. The summed E-state index contributed by atoms with van der Waals surface area (Å²) in [6.07, 6.45) is 1.24. The maximum absolute atomic E-state index is 13.6. The van der Waals surface area contributed by atoms with Crippen LogP contribution < -0.4 is 10.5 Å². The van der Waals surface area contributed by atoms with Crippen molar-refractivity contribution in [1.82, 2.24) is 9.59 Å². The van der Waals surface area contributed by atoms with E-state index >= 15 is 0 Å². The van der Waals surface area contributed by atoms with Crippen LogP contribution in [0, 0.1) is 5.82 Å². The Balaban J connectivity index is 2.52. The van der Waals surface area contributed by atoms with Gasteiger partial charge in [0.25, 0.3) is 10.0 Å². The lowest BCUT2D eigenvalue weighted by Gasteiger charge is -2.10. The molecule has 1 aromatic carbocycles. The number of aromatic nitrogens is 2. The summed E-state index contributed by atoms with van der Waals surface area (Å²) in [5.41, 5.74) is 5.05. The molecule has 1 heterocycles. The van der Waals surface area contributed by atoms with Gasteiger partial charge in [-0.05, 0) is 12.1 Å². The van der Waals surface area contributed by atoms with E-state index in [2.05, 4.69) is 26.5 Å². The molecule has 0 aliphatic heterocycles. The fraction of sp³-hybridized carbons (Fsp3) is 0. The van der Waals surface area contributed by atoms with E-state index in [1.54, 1.807) is 0 Å². The third-order valence-corrected chi connectivity index (χ3v) is 4.43. The Morgan fingerprint density at radius 2 is 2.21 bits per heavy atom. The molecule has 2 aromatic rings. The van der Waals surface area contributed by atoms with Crippen LogP contribution in [0.25, 0.3) is 0 Å². The normalized spacial score (nSPS) is 11.2. The molecule has 0 saturated heterocycles. The third-order valence-electron chi connectivity index (χ3n) is 2.11. The van der Waals surface area contributed by atoms with Gasteiger partial charge in [-0.25, -0.2) is 12.8 Å². The van der Waals surface area contributed by atoms with Crippen LogP contribution in [-0.2, 0) is 10.0 Å². The van der Waals surface area contributed by atoms with E-state index in [0.717, 1.165) is 17.6 Å². The largest absolute Gasteiger partial charge is 0.389 e. The molecule has 1 aromatic heterocycles. The third kappa shape index (κ3) is 2.85. The number of nitrogens with two attached hydrogens (primary N) is 1. The number of halogens is 1. The lowest BCUT2D eigenvalue weighted by molar-refractivity contribution is 0.594. The summed E-state index contributed by atoms with van der Waals surface area (Å²) in [5, 5.41) is 3.70. The van der Waals surface area contributed by atoms with Gasteiger partial charge in [0.05, 0.1) is 11.8 Å². The Hall–Kier alpha value is -1.65. The Morgan fingerprint density at radius 1 is 1.47 bits per heavy atom. The number of rotatable bonds is 4. The molecule has 0 fully saturated rings. The lowest BCUT2D eigenvalue weighted by Crippen LogP contribution is -2.21. The van der Waals surface area contributed by atoms with Gasteiger partial charge in [-0.1, -0.05) is 22.8 Å². The van der Waals surface area contributed by atoms with E-state index in [-0.39, 0.29) is 20.4 Å². The van der Waals surface area contributed by atoms with Crippen LogP contribution >= 0.6 is 23.8 Å². The number of thiocarbonyl (C=S) groups is 1. The predicted molar refractivity (Wildman–Crippen MR) is 73.0 cm³/mol. The van der Waals surface area contributed by atoms with E-state index in [4.69, 9.17) is 5.73 Å². The van der Waals surface area contributed by atoms with Crippen molar-refractivity contribution in [3.63, 3.8) is 0 Å². The van der Waals surface area contributed by atoms with Crippen molar-refractivity contribution in [2.24, 2.45) is 5.73 Å². The van der Waals surface area contributed by atoms with E-state index in [9.17, 15) is 12.8 Å². The molecule has 100 valence electrons. The number of benzene rings is 1. The minimum absolute atomic E-state index is 0.207. The molecule has 0 spiro atoms. The van der Waals surface area contributed by atoms with Gasteiger partial charge >= 0.3 is 0 Å². The second-order valence-corrected chi connectivity index (χ2v) is 6.24. The highest BCUT2D eigenvalue weighted by molar-refractivity contribution is 7.93. The highest BCUT2D eigenvalue weighted by Gasteiger charge is 2.23. The fourth-order valence-corrected chi connectivity index (χ4v) is 3.56. The average Bonchev–Trinajstić information content (AvgIpc) is 2.80. The number of anilines is 1. The zero-order valence-electron chi connectivity index (χ0n) is 9.20. The standard InChI is InChI=1S/C9H7FN4O2S3/c10-5-2-1-3-6(8(5)9(11)17)19(15,16)13-7-4-12-14-18-7/h1-4,13H,(H2,11,17). The van der Waals surface area contributed by atoms with Gasteiger partial charge in [0.2, 0.25) is 0 Å². The molecule has 0 unspecified atom stereocenters. The van der Waals surface area contributed by atoms with Crippen molar-refractivity contribution in [3.8, 4) is 0 Å². The molecule has 3 N–H and O–H groups in total. The smallest absolute Gasteiger partial charge is 0.263 e. The summed E-state index contributed by atoms with van der Waals surface area (Å²) in [6.45, 7) is 0. The zero-order chi connectivity index (χ0) is 14.0. The molecule has 6 nitrogen and oxygen atoms in total. The lowest BCUT2D eigenvalue weighted by atomic mass is 10.2. The van der Waals surface area contributed by atoms with Crippen molar-refractivity contribution in [1.29, 1.82) is 0 Å². The van der Waals surface area contributed by atoms with Gasteiger partial charge in [-0.2, -0.15) is 0 Å². The summed E-state index contributed by atoms with van der Waals surface area (Å²) < 4.78 is 43.6. The van der Waals surface area contributed by atoms with Crippen LogP contribution in [0.5, 0.6) is 0 Å². The maximum atomic E-state index is 13.6. The second kappa shape index (κ2) is 5.15. The van der Waals surface area contributed by atoms with Crippen molar-refractivity contribution in [3.05, 3.63) is 35.8 Å². The summed E-state index contributed by atoms with van der Waals surface area (Å²) in [7, 11) is -4.01. The molecule has 0 amide bonds. The zero-order valence-corrected chi connectivity index (χ0v) is 11.6. The Labute approximate surface area is 117 Å². The van der Waals surface area contributed by atoms with Crippen LogP contribution in [0.4, 0.5) is 9.39 Å². The molecular weight excluding hydrogens is 311 g/mol. The molecule has 0 aliphatic carbocycles. The minimum atomic E-state index is -4.01. The van der Waals surface area contributed by atoms with Gasteiger partial charge < -0.3 is 5.73 Å². The van der Waals surface area contributed by atoms with Crippen molar-refractivity contribution in [2.75, 3.05) is 4.72 Å². The molecule has 2 rings (SSSR count). The topological polar surface area (TPSA) is 98.0 Å². The van der Waals surface area contributed by atoms with E-state index in [0.29, 0.717) is 0 Å². The SMILES string of the molecule is NC(=S)c1c(F)cccc1S(=O)(=O)Nc1cnns1. The Bertz CT molecular complexity index is 715. The molecule has 0 saturated carbocycles. The van der Waals surface area contributed by atoms with Gasteiger partial charge in [-0.3, -0.25) is 4.72 Å². The molecule has 19 heavy (non-hydrogen) atoms. The number of nitrogens with zero attached hydrogens (tertiary/aromatic N) is 2. The predicted octanol–water partition coefficient (Wildman–Crippen LogP) is 1.11. The maximum Gasteiger partial charge on any atom is 0.263 e. The van der Waals surface area contributed by atoms with Crippen molar-refractivity contribution < 1.29 is 12.8 Å². The van der Waals surface area contributed by atoms with E-state index < -0.39 is 15.8 Å². The Morgan fingerprint density at radius 3 is 2.79 bits per heavy atom. The van der Waals surface area contributed by atoms with Gasteiger partial charge in [0.15, 0.2) is 0 Å². The monoisotopic (exact) mass is 318 g/mol. The van der Waals surface area contributed by atoms with Crippen LogP contribution in [0.2, 0.25) is 0 Å². The molecule has 0 atom stereocenters. The number of hydrogen-bond acceptors (Lipinski definition) is 6. The molecule has 0 aliphatic rings. The van der Waals surface area contributed by atoms with Crippen LogP contribution in [0.15, 0.2) is 29.3 Å². The molecule has 10 heteroatoms.